The molecule has 0 bridgehead atoms. The zero-order valence-corrected chi connectivity index (χ0v) is 16.0. The molecule has 0 saturated carbocycles. The summed E-state index contributed by atoms with van der Waals surface area (Å²) in [6.45, 7) is 0. The lowest BCUT2D eigenvalue weighted by molar-refractivity contribution is 0.102. The lowest BCUT2D eigenvalue weighted by Gasteiger charge is -2.08. The summed E-state index contributed by atoms with van der Waals surface area (Å²) in [5, 5.41) is 3.29. The Morgan fingerprint density at radius 3 is 2.11 bits per heavy atom. The number of halogens is 1. The lowest BCUT2D eigenvalue weighted by Crippen LogP contribution is -2.13. The van der Waals surface area contributed by atoms with E-state index >= 15 is 0 Å². The van der Waals surface area contributed by atoms with E-state index < -0.39 is 9.84 Å². The van der Waals surface area contributed by atoms with Gasteiger partial charge in [0, 0.05) is 16.3 Å². The number of rotatable bonds is 6. The van der Waals surface area contributed by atoms with E-state index in [4.69, 9.17) is 11.6 Å². The second-order valence-corrected chi connectivity index (χ2v) is 8.68. The molecule has 27 heavy (non-hydrogen) atoms. The fraction of sp³-hybridized carbons (Fsp3) is 0.0952. The average Bonchev–Trinajstić information content (AvgIpc) is 2.62. The van der Waals surface area contributed by atoms with Crippen LogP contribution in [0, 0.1) is 0 Å². The third-order valence-corrected chi connectivity index (χ3v) is 5.66. The van der Waals surface area contributed by atoms with Crippen LogP contribution in [-0.4, -0.2) is 14.3 Å². The average molecular weight is 400 g/mol. The molecule has 6 heteroatoms. The van der Waals surface area contributed by atoms with Gasteiger partial charge >= 0.3 is 0 Å². The van der Waals surface area contributed by atoms with E-state index in [1.54, 1.807) is 60.7 Å². The predicted octanol–water partition coefficient (Wildman–Crippen LogP) is 4.71. The van der Waals surface area contributed by atoms with Gasteiger partial charge in [-0.25, -0.2) is 8.42 Å². The zero-order chi connectivity index (χ0) is 19.3. The number of sulfone groups is 1. The third-order valence-electron chi connectivity index (χ3n) is 3.88. The first-order valence-electron chi connectivity index (χ1n) is 8.31. The molecular formula is C21H18ClNO3S. The van der Waals surface area contributed by atoms with Gasteiger partial charge in [-0.1, -0.05) is 54.1 Å². The molecule has 1 N–H and O–H groups in total. The number of amides is 1. The van der Waals surface area contributed by atoms with Gasteiger partial charge in [0.15, 0.2) is 9.84 Å². The van der Waals surface area contributed by atoms with E-state index in [-0.39, 0.29) is 17.4 Å². The first-order chi connectivity index (χ1) is 12.9. The second-order valence-electron chi connectivity index (χ2n) is 6.18. The van der Waals surface area contributed by atoms with Gasteiger partial charge in [0.2, 0.25) is 0 Å². The molecule has 0 aliphatic rings. The number of nitrogens with one attached hydrogen (secondary N) is 1. The Balaban J connectivity index is 1.72. The van der Waals surface area contributed by atoms with Crippen molar-refractivity contribution in [1.82, 2.24) is 0 Å². The Labute approximate surface area is 163 Å². The minimum atomic E-state index is -3.40. The van der Waals surface area contributed by atoms with Crippen molar-refractivity contribution in [2.45, 2.75) is 11.5 Å². The Morgan fingerprint density at radius 2 is 1.44 bits per heavy atom. The molecule has 0 radical (unpaired) electrons. The van der Waals surface area contributed by atoms with Crippen LogP contribution >= 0.6 is 11.6 Å². The molecule has 3 rings (SSSR count). The number of hydrogen-bond donors (Lipinski definition) is 1. The van der Waals surface area contributed by atoms with E-state index in [9.17, 15) is 13.2 Å². The molecule has 0 aliphatic heterocycles. The fourth-order valence-electron chi connectivity index (χ4n) is 2.71. The highest BCUT2D eigenvalue weighted by Gasteiger charge is 2.15. The summed E-state index contributed by atoms with van der Waals surface area (Å²) in [5.74, 6) is -0.532. The van der Waals surface area contributed by atoms with Crippen LogP contribution in [0.15, 0.2) is 78.9 Å². The van der Waals surface area contributed by atoms with Crippen LogP contribution in [0.25, 0.3) is 0 Å². The first kappa shape index (κ1) is 19.1. The van der Waals surface area contributed by atoms with Gasteiger partial charge in [0.25, 0.3) is 5.91 Å². The standard InChI is InChI=1S/C21H18ClNO3S/c22-19-9-5-7-17(13-19)15-27(25,26)14-16-6-4-8-18(12-16)21(24)23-20-10-2-1-3-11-20/h1-13H,14-15H2,(H,23,24). The van der Waals surface area contributed by atoms with Gasteiger partial charge in [-0.2, -0.15) is 0 Å². The number of benzene rings is 3. The highest BCUT2D eigenvalue weighted by molar-refractivity contribution is 7.89. The molecule has 0 atom stereocenters. The molecule has 0 fully saturated rings. The minimum Gasteiger partial charge on any atom is -0.322 e. The number of hydrogen-bond acceptors (Lipinski definition) is 3. The van der Waals surface area contributed by atoms with Crippen LogP contribution in [0.4, 0.5) is 5.69 Å². The fourth-order valence-corrected chi connectivity index (χ4v) is 4.40. The SMILES string of the molecule is O=C(Nc1ccccc1)c1cccc(CS(=O)(=O)Cc2cccc(Cl)c2)c1. The molecule has 1 amide bonds. The maximum Gasteiger partial charge on any atom is 0.255 e. The lowest BCUT2D eigenvalue weighted by atomic mass is 10.1. The van der Waals surface area contributed by atoms with E-state index in [2.05, 4.69) is 5.32 Å². The van der Waals surface area contributed by atoms with Gasteiger partial charge in [0.1, 0.15) is 0 Å². The topological polar surface area (TPSA) is 63.2 Å². The summed E-state index contributed by atoms with van der Waals surface area (Å²) in [4.78, 5) is 12.4. The molecule has 3 aromatic rings. The molecule has 4 nitrogen and oxygen atoms in total. The predicted molar refractivity (Wildman–Crippen MR) is 109 cm³/mol. The van der Waals surface area contributed by atoms with Gasteiger partial charge in [-0.05, 0) is 47.5 Å². The van der Waals surface area contributed by atoms with Gasteiger partial charge < -0.3 is 5.32 Å². The van der Waals surface area contributed by atoms with E-state index in [1.807, 2.05) is 18.2 Å². The van der Waals surface area contributed by atoms with Gasteiger partial charge in [0.05, 0.1) is 11.5 Å². The van der Waals surface area contributed by atoms with Crippen molar-refractivity contribution in [2.75, 3.05) is 5.32 Å². The molecule has 0 heterocycles. The Bertz CT molecular complexity index is 1050. The van der Waals surface area contributed by atoms with Crippen molar-refractivity contribution in [3.05, 3.63) is 101 Å². The minimum absolute atomic E-state index is 0.103. The summed E-state index contributed by atoms with van der Waals surface area (Å²) in [6.07, 6.45) is 0. The molecule has 0 unspecified atom stereocenters. The zero-order valence-electron chi connectivity index (χ0n) is 14.4. The maximum atomic E-state index is 12.5. The second kappa shape index (κ2) is 8.37. The molecule has 0 saturated heterocycles. The van der Waals surface area contributed by atoms with Crippen LogP contribution in [0.3, 0.4) is 0 Å². The Kier molecular flexibility index (Phi) is 5.94. The normalized spacial score (nSPS) is 11.1. The van der Waals surface area contributed by atoms with Gasteiger partial charge in [-0.15, -0.1) is 0 Å². The van der Waals surface area contributed by atoms with Crippen LogP contribution in [-0.2, 0) is 21.3 Å². The summed E-state index contributed by atoms with van der Waals surface area (Å²) in [7, 11) is -3.40. The van der Waals surface area contributed by atoms with Crippen molar-refractivity contribution < 1.29 is 13.2 Å². The molecule has 138 valence electrons. The molecule has 3 aromatic carbocycles. The van der Waals surface area contributed by atoms with E-state index in [1.165, 1.54) is 0 Å². The van der Waals surface area contributed by atoms with Crippen molar-refractivity contribution in [1.29, 1.82) is 0 Å². The summed E-state index contributed by atoms with van der Waals surface area (Å²) in [5.41, 5.74) is 2.30. The summed E-state index contributed by atoms with van der Waals surface area (Å²) < 4.78 is 25.0. The number of anilines is 1. The third kappa shape index (κ3) is 5.67. The quantitative estimate of drug-likeness (QED) is 0.653. The monoisotopic (exact) mass is 399 g/mol. The van der Waals surface area contributed by atoms with Crippen molar-refractivity contribution in [2.24, 2.45) is 0 Å². The highest BCUT2D eigenvalue weighted by atomic mass is 35.5. The van der Waals surface area contributed by atoms with Crippen LogP contribution in [0.2, 0.25) is 5.02 Å². The molecule has 0 spiro atoms. The largest absolute Gasteiger partial charge is 0.322 e. The summed E-state index contributed by atoms with van der Waals surface area (Å²) >= 11 is 5.92. The number of para-hydroxylation sites is 1. The molecule has 0 aromatic heterocycles. The van der Waals surface area contributed by atoms with Crippen molar-refractivity contribution >= 4 is 33.0 Å². The van der Waals surface area contributed by atoms with Gasteiger partial charge in [-0.3, -0.25) is 4.79 Å². The number of carbonyl (C=O) groups is 1. The van der Waals surface area contributed by atoms with Crippen LogP contribution in [0.1, 0.15) is 21.5 Å². The highest BCUT2D eigenvalue weighted by Crippen LogP contribution is 2.17. The van der Waals surface area contributed by atoms with Crippen molar-refractivity contribution in [3.63, 3.8) is 0 Å². The Hall–Kier alpha value is -2.63. The molecule has 0 aliphatic carbocycles. The maximum absolute atomic E-state index is 12.5. The summed E-state index contributed by atoms with van der Waals surface area (Å²) in [6, 6.07) is 22.5. The van der Waals surface area contributed by atoms with Crippen molar-refractivity contribution in [3.8, 4) is 0 Å². The van der Waals surface area contributed by atoms with E-state index in [0.29, 0.717) is 27.4 Å². The Morgan fingerprint density at radius 1 is 0.815 bits per heavy atom. The van der Waals surface area contributed by atoms with Crippen LogP contribution < -0.4 is 5.32 Å². The number of carbonyl (C=O) groups excluding carboxylic acids is 1. The smallest absolute Gasteiger partial charge is 0.255 e. The molecular weight excluding hydrogens is 382 g/mol. The van der Waals surface area contributed by atoms with Crippen LogP contribution in [0.5, 0.6) is 0 Å². The van der Waals surface area contributed by atoms with E-state index in [0.717, 1.165) is 0 Å². The first-order valence-corrected chi connectivity index (χ1v) is 10.5.